The SMILES string of the molecule is O=C(CC1CCCC1)NC[C@H]1[C@H]2CN(C(CO)CO)C[C@]23CC[C@H]1O3. The average molecular weight is 352 g/mol. The molecule has 4 fully saturated rings. The minimum absolute atomic E-state index is 0.0223. The standard InChI is InChI=1S/C19H32N2O4/c22-10-14(11-23)21-9-16-15(17-5-6-19(16,12-21)25-17)8-20-18(24)7-13-3-1-2-4-13/h13-17,22-23H,1-12H2,(H,20,24)/t15-,16+,17+,19+/m0/s1. The van der Waals surface area contributed by atoms with E-state index >= 15 is 0 Å². The van der Waals surface area contributed by atoms with Crippen molar-refractivity contribution in [2.75, 3.05) is 32.8 Å². The van der Waals surface area contributed by atoms with E-state index in [4.69, 9.17) is 4.74 Å². The van der Waals surface area contributed by atoms with Crippen LogP contribution in [0.15, 0.2) is 0 Å². The summed E-state index contributed by atoms with van der Waals surface area (Å²) < 4.78 is 6.38. The summed E-state index contributed by atoms with van der Waals surface area (Å²) in [7, 11) is 0. The van der Waals surface area contributed by atoms with Crippen LogP contribution in [-0.4, -0.2) is 71.6 Å². The Labute approximate surface area is 149 Å². The minimum Gasteiger partial charge on any atom is -0.395 e. The molecule has 3 aliphatic heterocycles. The van der Waals surface area contributed by atoms with Crippen LogP contribution in [-0.2, 0) is 9.53 Å². The van der Waals surface area contributed by atoms with Crippen molar-refractivity contribution in [1.82, 2.24) is 10.2 Å². The molecule has 1 amide bonds. The first-order chi connectivity index (χ1) is 12.1. The molecular weight excluding hydrogens is 320 g/mol. The number of amides is 1. The van der Waals surface area contributed by atoms with Crippen molar-refractivity contribution in [2.45, 2.75) is 62.7 Å². The topological polar surface area (TPSA) is 82.0 Å². The highest BCUT2D eigenvalue weighted by molar-refractivity contribution is 5.76. The van der Waals surface area contributed by atoms with Crippen molar-refractivity contribution in [2.24, 2.45) is 17.8 Å². The van der Waals surface area contributed by atoms with E-state index in [2.05, 4.69) is 10.2 Å². The number of nitrogens with zero attached hydrogens (tertiary/aromatic N) is 1. The van der Waals surface area contributed by atoms with Gasteiger partial charge in [-0.3, -0.25) is 9.69 Å². The van der Waals surface area contributed by atoms with Gasteiger partial charge in [0.1, 0.15) is 0 Å². The molecule has 3 heterocycles. The third kappa shape index (κ3) is 3.22. The minimum atomic E-state index is -0.194. The zero-order chi connectivity index (χ0) is 17.4. The van der Waals surface area contributed by atoms with Gasteiger partial charge < -0.3 is 20.3 Å². The van der Waals surface area contributed by atoms with Crippen LogP contribution in [0.1, 0.15) is 44.9 Å². The molecule has 1 aliphatic carbocycles. The average Bonchev–Trinajstić information content (AvgIpc) is 3.35. The Kier molecular flexibility index (Phi) is 5.06. The summed E-state index contributed by atoms with van der Waals surface area (Å²) in [5.74, 6) is 1.55. The maximum atomic E-state index is 12.3. The lowest BCUT2D eigenvalue weighted by Crippen LogP contribution is -2.42. The van der Waals surface area contributed by atoms with Crippen LogP contribution < -0.4 is 5.32 Å². The van der Waals surface area contributed by atoms with E-state index in [9.17, 15) is 15.0 Å². The van der Waals surface area contributed by atoms with Gasteiger partial charge in [0.05, 0.1) is 31.0 Å². The van der Waals surface area contributed by atoms with Crippen LogP contribution in [0.25, 0.3) is 0 Å². The number of ether oxygens (including phenoxy) is 1. The van der Waals surface area contributed by atoms with Gasteiger partial charge in [-0.25, -0.2) is 0 Å². The fourth-order valence-electron chi connectivity index (χ4n) is 5.85. The van der Waals surface area contributed by atoms with E-state index in [0.717, 1.165) is 25.9 Å². The predicted octanol–water partition coefficient (Wildman–Crippen LogP) is 0.516. The number of hydrogen-bond donors (Lipinski definition) is 3. The second-order valence-corrected chi connectivity index (χ2v) is 8.64. The Morgan fingerprint density at radius 1 is 1.24 bits per heavy atom. The molecule has 142 valence electrons. The molecular formula is C19H32N2O4. The molecule has 0 aromatic rings. The second-order valence-electron chi connectivity index (χ2n) is 8.64. The number of likely N-dealkylation sites (tertiary alicyclic amines) is 1. The third-order valence-electron chi connectivity index (χ3n) is 7.23. The molecule has 25 heavy (non-hydrogen) atoms. The molecule has 3 N–H and O–H groups in total. The van der Waals surface area contributed by atoms with Crippen molar-refractivity contribution >= 4 is 5.91 Å². The van der Waals surface area contributed by atoms with Gasteiger partial charge in [-0.1, -0.05) is 12.8 Å². The number of aliphatic hydroxyl groups is 2. The lowest BCUT2D eigenvalue weighted by atomic mass is 9.73. The Bertz CT molecular complexity index is 492. The van der Waals surface area contributed by atoms with E-state index < -0.39 is 0 Å². The van der Waals surface area contributed by atoms with Crippen LogP contribution in [0, 0.1) is 17.8 Å². The Morgan fingerprint density at radius 2 is 2.00 bits per heavy atom. The molecule has 0 radical (unpaired) electrons. The number of fused-ring (bicyclic) bond motifs is 1. The summed E-state index contributed by atoms with van der Waals surface area (Å²) in [5, 5.41) is 22.2. The molecule has 3 saturated heterocycles. The van der Waals surface area contributed by atoms with E-state index in [1.807, 2.05) is 0 Å². The summed E-state index contributed by atoms with van der Waals surface area (Å²) in [6, 6.07) is -0.194. The first-order valence-corrected chi connectivity index (χ1v) is 10.1. The van der Waals surface area contributed by atoms with Crippen molar-refractivity contribution in [3.05, 3.63) is 0 Å². The normalized spacial score (nSPS) is 38.0. The van der Waals surface area contributed by atoms with E-state index in [1.165, 1.54) is 25.7 Å². The Hall–Kier alpha value is -0.690. The van der Waals surface area contributed by atoms with Gasteiger partial charge in [-0.05, 0) is 31.6 Å². The van der Waals surface area contributed by atoms with Crippen LogP contribution in [0.5, 0.6) is 0 Å². The first kappa shape index (κ1) is 17.7. The molecule has 6 heteroatoms. The maximum Gasteiger partial charge on any atom is 0.220 e. The van der Waals surface area contributed by atoms with Gasteiger partial charge in [0.25, 0.3) is 0 Å². The molecule has 4 aliphatic rings. The Balaban J connectivity index is 1.34. The number of nitrogens with one attached hydrogen (secondary N) is 1. The van der Waals surface area contributed by atoms with E-state index in [0.29, 0.717) is 30.7 Å². The zero-order valence-electron chi connectivity index (χ0n) is 15.0. The number of aliphatic hydroxyl groups excluding tert-OH is 2. The van der Waals surface area contributed by atoms with Gasteiger partial charge in [-0.2, -0.15) is 0 Å². The molecule has 4 rings (SSSR count). The summed E-state index contributed by atoms with van der Waals surface area (Å²) in [6.07, 6.45) is 8.02. The number of rotatable bonds is 7. The van der Waals surface area contributed by atoms with Crippen LogP contribution in [0.4, 0.5) is 0 Å². The highest BCUT2D eigenvalue weighted by Crippen LogP contribution is 2.54. The summed E-state index contributed by atoms with van der Waals surface area (Å²) in [5.41, 5.74) is -0.117. The molecule has 0 aromatic heterocycles. The lowest BCUT2D eigenvalue weighted by molar-refractivity contribution is -0.122. The van der Waals surface area contributed by atoms with Crippen molar-refractivity contribution in [3.63, 3.8) is 0 Å². The highest BCUT2D eigenvalue weighted by atomic mass is 16.5. The number of hydrogen-bond acceptors (Lipinski definition) is 5. The fraction of sp³-hybridized carbons (Fsp3) is 0.947. The predicted molar refractivity (Wildman–Crippen MR) is 92.9 cm³/mol. The number of carbonyl (C=O) groups is 1. The first-order valence-electron chi connectivity index (χ1n) is 10.1. The Morgan fingerprint density at radius 3 is 2.72 bits per heavy atom. The largest absolute Gasteiger partial charge is 0.395 e. The highest BCUT2D eigenvalue weighted by Gasteiger charge is 2.63. The molecule has 4 atom stereocenters. The third-order valence-corrected chi connectivity index (χ3v) is 7.23. The molecule has 2 bridgehead atoms. The van der Waals surface area contributed by atoms with Crippen LogP contribution in [0.2, 0.25) is 0 Å². The van der Waals surface area contributed by atoms with Gasteiger partial charge >= 0.3 is 0 Å². The van der Waals surface area contributed by atoms with Gasteiger partial charge in [0, 0.05) is 37.9 Å². The van der Waals surface area contributed by atoms with Gasteiger partial charge in [0.15, 0.2) is 0 Å². The fourth-order valence-corrected chi connectivity index (χ4v) is 5.85. The molecule has 0 unspecified atom stereocenters. The summed E-state index contributed by atoms with van der Waals surface area (Å²) >= 11 is 0. The van der Waals surface area contributed by atoms with Crippen LogP contribution in [0.3, 0.4) is 0 Å². The quantitative estimate of drug-likeness (QED) is 0.622. The monoisotopic (exact) mass is 352 g/mol. The smallest absolute Gasteiger partial charge is 0.220 e. The number of carbonyl (C=O) groups excluding carboxylic acids is 1. The van der Waals surface area contributed by atoms with E-state index in [-0.39, 0.29) is 36.9 Å². The molecule has 1 saturated carbocycles. The lowest BCUT2D eigenvalue weighted by Gasteiger charge is -2.29. The molecule has 0 aromatic carbocycles. The van der Waals surface area contributed by atoms with Gasteiger partial charge in [0.2, 0.25) is 5.91 Å². The molecule has 6 nitrogen and oxygen atoms in total. The summed E-state index contributed by atoms with van der Waals surface area (Å²) in [4.78, 5) is 14.5. The van der Waals surface area contributed by atoms with Crippen molar-refractivity contribution in [3.8, 4) is 0 Å². The van der Waals surface area contributed by atoms with Crippen molar-refractivity contribution < 1.29 is 19.7 Å². The van der Waals surface area contributed by atoms with Crippen molar-refractivity contribution in [1.29, 1.82) is 0 Å². The summed E-state index contributed by atoms with van der Waals surface area (Å²) in [6.45, 7) is 2.31. The second kappa shape index (κ2) is 7.14. The van der Waals surface area contributed by atoms with Crippen LogP contribution >= 0.6 is 0 Å². The maximum absolute atomic E-state index is 12.3. The van der Waals surface area contributed by atoms with E-state index in [1.54, 1.807) is 0 Å². The zero-order valence-corrected chi connectivity index (χ0v) is 15.0. The molecule has 1 spiro atoms. The van der Waals surface area contributed by atoms with Gasteiger partial charge in [-0.15, -0.1) is 0 Å².